The van der Waals surface area contributed by atoms with Gasteiger partial charge in [-0.15, -0.1) is 0 Å². The molecule has 1 aromatic heterocycles. The number of hydrogen-bond acceptors (Lipinski definition) is 2. The van der Waals surface area contributed by atoms with E-state index in [9.17, 15) is 0 Å². The molecule has 2 heterocycles. The van der Waals surface area contributed by atoms with E-state index in [0.29, 0.717) is 5.92 Å². The molecule has 1 aliphatic rings. The molecule has 0 saturated heterocycles. The molecule has 3 heteroatoms. The molecular formula is C13H23N3. The summed E-state index contributed by atoms with van der Waals surface area (Å²) < 4.78 is 2.46. The standard InChI is InChI=1S/C13H23N3/c1-4-12-15-11(9-14-5-2)13-10(3)7-6-8-16(12)13/h10,14H,4-9H2,1-3H3. The van der Waals surface area contributed by atoms with Gasteiger partial charge in [-0.05, 0) is 25.3 Å². The van der Waals surface area contributed by atoms with Crippen LogP contribution in [-0.4, -0.2) is 16.1 Å². The highest BCUT2D eigenvalue weighted by atomic mass is 15.1. The average molecular weight is 221 g/mol. The van der Waals surface area contributed by atoms with Crippen molar-refractivity contribution in [2.24, 2.45) is 0 Å². The Hall–Kier alpha value is -0.830. The number of imidazole rings is 1. The number of aromatic nitrogens is 2. The Balaban J connectivity index is 2.33. The molecule has 1 unspecified atom stereocenters. The highest BCUT2D eigenvalue weighted by molar-refractivity contribution is 5.23. The lowest BCUT2D eigenvalue weighted by atomic mass is 9.96. The van der Waals surface area contributed by atoms with Crippen molar-refractivity contribution in [3.8, 4) is 0 Å². The largest absolute Gasteiger partial charge is 0.331 e. The Morgan fingerprint density at radius 2 is 2.25 bits per heavy atom. The Morgan fingerprint density at radius 1 is 1.44 bits per heavy atom. The quantitative estimate of drug-likeness (QED) is 0.846. The molecular weight excluding hydrogens is 198 g/mol. The molecule has 0 spiro atoms. The van der Waals surface area contributed by atoms with E-state index in [1.807, 2.05) is 0 Å². The maximum absolute atomic E-state index is 4.80. The van der Waals surface area contributed by atoms with E-state index in [1.54, 1.807) is 0 Å². The highest BCUT2D eigenvalue weighted by Gasteiger charge is 2.23. The van der Waals surface area contributed by atoms with Crippen LogP contribution in [0.4, 0.5) is 0 Å². The van der Waals surface area contributed by atoms with Gasteiger partial charge < -0.3 is 9.88 Å². The van der Waals surface area contributed by atoms with Crippen LogP contribution in [0.1, 0.15) is 56.7 Å². The molecule has 1 aromatic rings. The monoisotopic (exact) mass is 221 g/mol. The Labute approximate surface area is 98.3 Å². The van der Waals surface area contributed by atoms with Crippen molar-refractivity contribution in [3.63, 3.8) is 0 Å². The first-order chi connectivity index (χ1) is 7.77. The molecule has 1 N–H and O–H groups in total. The van der Waals surface area contributed by atoms with E-state index in [0.717, 1.165) is 19.5 Å². The molecule has 0 bridgehead atoms. The van der Waals surface area contributed by atoms with Gasteiger partial charge in [0.15, 0.2) is 0 Å². The summed E-state index contributed by atoms with van der Waals surface area (Å²) in [6.07, 6.45) is 3.66. The van der Waals surface area contributed by atoms with Gasteiger partial charge in [0.05, 0.1) is 5.69 Å². The fraction of sp³-hybridized carbons (Fsp3) is 0.769. The third-order valence-electron chi connectivity index (χ3n) is 3.51. The lowest BCUT2D eigenvalue weighted by molar-refractivity contribution is 0.460. The predicted molar refractivity (Wildman–Crippen MR) is 66.6 cm³/mol. The summed E-state index contributed by atoms with van der Waals surface area (Å²) in [4.78, 5) is 4.80. The molecule has 0 amide bonds. The minimum absolute atomic E-state index is 0.676. The van der Waals surface area contributed by atoms with Gasteiger partial charge in [0.25, 0.3) is 0 Å². The third-order valence-corrected chi connectivity index (χ3v) is 3.51. The number of aryl methyl sites for hydroxylation is 1. The van der Waals surface area contributed by atoms with Crippen LogP contribution in [-0.2, 0) is 19.5 Å². The van der Waals surface area contributed by atoms with Crippen molar-refractivity contribution in [2.75, 3.05) is 6.54 Å². The van der Waals surface area contributed by atoms with Crippen LogP contribution >= 0.6 is 0 Å². The molecule has 16 heavy (non-hydrogen) atoms. The summed E-state index contributed by atoms with van der Waals surface area (Å²) in [5, 5.41) is 3.40. The predicted octanol–water partition coefficient (Wildman–Crippen LogP) is 2.45. The van der Waals surface area contributed by atoms with Crippen molar-refractivity contribution in [3.05, 3.63) is 17.2 Å². The molecule has 1 atom stereocenters. The minimum Gasteiger partial charge on any atom is -0.331 e. The Bertz CT molecular complexity index is 354. The minimum atomic E-state index is 0.676. The van der Waals surface area contributed by atoms with E-state index in [1.165, 1.54) is 36.6 Å². The molecule has 0 saturated carbocycles. The second-order valence-electron chi connectivity index (χ2n) is 4.69. The Morgan fingerprint density at radius 3 is 2.94 bits per heavy atom. The normalized spacial score (nSPS) is 19.8. The molecule has 0 aromatic carbocycles. The van der Waals surface area contributed by atoms with E-state index >= 15 is 0 Å². The summed E-state index contributed by atoms with van der Waals surface area (Å²) >= 11 is 0. The summed E-state index contributed by atoms with van der Waals surface area (Å²) in [5.41, 5.74) is 2.77. The lowest BCUT2D eigenvalue weighted by Gasteiger charge is -2.23. The summed E-state index contributed by atoms with van der Waals surface area (Å²) in [5.74, 6) is 1.95. The highest BCUT2D eigenvalue weighted by Crippen LogP contribution is 2.30. The van der Waals surface area contributed by atoms with Crippen LogP contribution in [0.5, 0.6) is 0 Å². The second kappa shape index (κ2) is 5.00. The SMILES string of the molecule is CCNCc1nc(CC)n2c1C(C)CCC2. The van der Waals surface area contributed by atoms with E-state index in [2.05, 4.69) is 30.7 Å². The zero-order chi connectivity index (χ0) is 11.5. The van der Waals surface area contributed by atoms with Gasteiger partial charge in [-0.25, -0.2) is 4.98 Å². The molecule has 2 rings (SSSR count). The second-order valence-corrected chi connectivity index (χ2v) is 4.69. The molecule has 0 fully saturated rings. The number of nitrogens with zero attached hydrogens (tertiary/aromatic N) is 2. The first-order valence-corrected chi connectivity index (χ1v) is 6.56. The summed E-state index contributed by atoms with van der Waals surface area (Å²) in [6.45, 7) is 9.79. The van der Waals surface area contributed by atoms with Crippen molar-refractivity contribution in [2.45, 2.75) is 59.0 Å². The number of fused-ring (bicyclic) bond motifs is 1. The van der Waals surface area contributed by atoms with Crippen molar-refractivity contribution < 1.29 is 0 Å². The number of rotatable bonds is 4. The first-order valence-electron chi connectivity index (χ1n) is 6.56. The van der Waals surface area contributed by atoms with Crippen LogP contribution in [0, 0.1) is 0 Å². The molecule has 3 nitrogen and oxygen atoms in total. The number of hydrogen-bond donors (Lipinski definition) is 1. The van der Waals surface area contributed by atoms with Crippen molar-refractivity contribution >= 4 is 0 Å². The fourth-order valence-corrected chi connectivity index (χ4v) is 2.70. The van der Waals surface area contributed by atoms with Gasteiger partial charge >= 0.3 is 0 Å². The fourth-order valence-electron chi connectivity index (χ4n) is 2.70. The molecule has 90 valence electrons. The zero-order valence-electron chi connectivity index (χ0n) is 10.7. The van der Waals surface area contributed by atoms with Crippen LogP contribution in [0.15, 0.2) is 0 Å². The third kappa shape index (κ3) is 2.01. The van der Waals surface area contributed by atoms with E-state index in [4.69, 9.17) is 4.98 Å². The van der Waals surface area contributed by atoms with Crippen LogP contribution in [0.3, 0.4) is 0 Å². The van der Waals surface area contributed by atoms with Gasteiger partial charge in [0.2, 0.25) is 0 Å². The van der Waals surface area contributed by atoms with Crippen LogP contribution in [0.25, 0.3) is 0 Å². The molecule has 0 radical (unpaired) electrons. The van der Waals surface area contributed by atoms with Crippen LogP contribution in [0.2, 0.25) is 0 Å². The first kappa shape index (κ1) is 11.6. The zero-order valence-corrected chi connectivity index (χ0v) is 10.7. The van der Waals surface area contributed by atoms with Crippen molar-refractivity contribution in [1.82, 2.24) is 14.9 Å². The topological polar surface area (TPSA) is 29.9 Å². The maximum Gasteiger partial charge on any atom is 0.108 e. The van der Waals surface area contributed by atoms with Gasteiger partial charge in [-0.3, -0.25) is 0 Å². The van der Waals surface area contributed by atoms with Gasteiger partial charge in [0, 0.05) is 25.2 Å². The molecule has 1 aliphatic heterocycles. The Kier molecular flexibility index (Phi) is 3.64. The van der Waals surface area contributed by atoms with Gasteiger partial charge in [0.1, 0.15) is 5.82 Å². The van der Waals surface area contributed by atoms with E-state index < -0.39 is 0 Å². The summed E-state index contributed by atoms with van der Waals surface area (Å²) in [6, 6.07) is 0. The van der Waals surface area contributed by atoms with E-state index in [-0.39, 0.29) is 0 Å². The average Bonchev–Trinajstić information content (AvgIpc) is 2.66. The maximum atomic E-state index is 4.80. The molecule has 0 aliphatic carbocycles. The summed E-state index contributed by atoms with van der Waals surface area (Å²) in [7, 11) is 0. The van der Waals surface area contributed by atoms with Gasteiger partial charge in [-0.1, -0.05) is 20.8 Å². The number of nitrogens with one attached hydrogen (secondary N) is 1. The lowest BCUT2D eigenvalue weighted by Crippen LogP contribution is -2.18. The van der Waals surface area contributed by atoms with Crippen LogP contribution < -0.4 is 5.32 Å². The van der Waals surface area contributed by atoms with Crippen molar-refractivity contribution in [1.29, 1.82) is 0 Å². The van der Waals surface area contributed by atoms with Gasteiger partial charge in [-0.2, -0.15) is 0 Å². The smallest absolute Gasteiger partial charge is 0.108 e.